The van der Waals surface area contributed by atoms with Crippen molar-refractivity contribution in [3.8, 4) is 0 Å². The minimum Gasteiger partial charge on any atom is -0.352 e. The lowest BCUT2D eigenvalue weighted by atomic mass is 10.1. The summed E-state index contributed by atoms with van der Waals surface area (Å²) in [5.41, 5.74) is 1.16. The van der Waals surface area contributed by atoms with Crippen molar-refractivity contribution in [3.63, 3.8) is 0 Å². The fourth-order valence-electron chi connectivity index (χ4n) is 1.87. The highest BCUT2D eigenvalue weighted by Gasteiger charge is 2.08. The lowest BCUT2D eigenvalue weighted by Crippen LogP contribution is -2.25. The van der Waals surface area contributed by atoms with Crippen molar-refractivity contribution in [2.45, 2.75) is 19.8 Å². The molecular weight excluding hydrogens is 245 g/mol. The van der Waals surface area contributed by atoms with Crippen LogP contribution in [0.1, 0.15) is 28.2 Å². The molecule has 2 N–H and O–H groups in total. The zero-order chi connectivity index (χ0) is 13.7. The van der Waals surface area contributed by atoms with Crippen LogP contribution in [0.5, 0.6) is 0 Å². The molecule has 0 bridgehead atoms. The molecule has 0 radical (unpaired) electrons. The third-order valence-corrected chi connectivity index (χ3v) is 2.86. The molecule has 100 valence electrons. The van der Waals surface area contributed by atoms with Gasteiger partial charge < -0.3 is 10.3 Å². The van der Waals surface area contributed by atoms with Gasteiger partial charge in [-0.05, 0) is 37.1 Å². The summed E-state index contributed by atoms with van der Waals surface area (Å²) in [5.74, 6) is 0.413. The van der Waals surface area contributed by atoms with Gasteiger partial charge in [-0.3, -0.25) is 4.79 Å². The molecule has 5 heteroatoms. The van der Waals surface area contributed by atoms with Crippen LogP contribution in [0.3, 0.4) is 0 Å². The molecule has 1 amide bonds. The van der Waals surface area contributed by atoms with Gasteiger partial charge in [0.15, 0.2) is 0 Å². The molecule has 2 aromatic rings. The fourth-order valence-corrected chi connectivity index (χ4v) is 1.87. The normalized spacial score (nSPS) is 10.4. The molecule has 4 nitrogen and oxygen atoms in total. The van der Waals surface area contributed by atoms with Crippen molar-refractivity contribution >= 4 is 5.91 Å². The first-order valence-electron chi connectivity index (χ1n) is 6.19. The highest BCUT2D eigenvalue weighted by molar-refractivity contribution is 5.95. The fraction of sp³-hybridized carbons (Fsp3) is 0.286. The number of aromatic nitrogens is 2. The van der Waals surface area contributed by atoms with Gasteiger partial charge in [-0.1, -0.05) is 0 Å². The number of carbonyl (C=O) groups excluding carboxylic acids is 1. The van der Waals surface area contributed by atoms with E-state index in [9.17, 15) is 9.18 Å². The van der Waals surface area contributed by atoms with Crippen molar-refractivity contribution in [2.75, 3.05) is 6.54 Å². The number of carbonyl (C=O) groups is 1. The predicted octanol–water partition coefficient (Wildman–Crippen LogP) is 2.22. The zero-order valence-electron chi connectivity index (χ0n) is 10.7. The number of aryl methyl sites for hydroxylation is 2. The summed E-state index contributed by atoms with van der Waals surface area (Å²) in [6.45, 7) is 2.29. The molecule has 2 rings (SSSR count). The molecule has 0 aliphatic carbocycles. The summed E-state index contributed by atoms with van der Waals surface area (Å²) in [7, 11) is 0. The number of nitrogens with zero attached hydrogens (tertiary/aromatic N) is 1. The number of H-pyrrole nitrogens is 1. The van der Waals surface area contributed by atoms with Crippen molar-refractivity contribution in [2.24, 2.45) is 0 Å². The minimum atomic E-state index is -0.327. The van der Waals surface area contributed by atoms with Gasteiger partial charge in [0.2, 0.25) is 0 Å². The number of imidazole rings is 1. The van der Waals surface area contributed by atoms with Crippen LogP contribution in [-0.4, -0.2) is 22.4 Å². The van der Waals surface area contributed by atoms with Crippen LogP contribution in [0.4, 0.5) is 4.39 Å². The van der Waals surface area contributed by atoms with Crippen LogP contribution in [0, 0.1) is 12.7 Å². The van der Waals surface area contributed by atoms with Crippen molar-refractivity contribution < 1.29 is 9.18 Å². The molecule has 1 aromatic heterocycles. The van der Waals surface area contributed by atoms with Gasteiger partial charge in [-0.15, -0.1) is 0 Å². The zero-order valence-corrected chi connectivity index (χ0v) is 10.7. The topological polar surface area (TPSA) is 57.8 Å². The molecule has 0 fully saturated rings. The molecule has 1 aromatic carbocycles. The quantitative estimate of drug-likeness (QED) is 0.811. The van der Waals surface area contributed by atoms with Crippen molar-refractivity contribution in [3.05, 3.63) is 53.4 Å². The highest BCUT2D eigenvalue weighted by Crippen LogP contribution is 2.09. The van der Waals surface area contributed by atoms with Gasteiger partial charge >= 0.3 is 0 Å². The Bertz CT molecular complexity index is 552. The summed E-state index contributed by atoms with van der Waals surface area (Å²) >= 11 is 0. The number of hydrogen-bond acceptors (Lipinski definition) is 2. The maximum atomic E-state index is 12.9. The summed E-state index contributed by atoms with van der Waals surface area (Å²) in [6.07, 6.45) is 5.07. The molecule has 0 saturated heterocycles. The number of amides is 1. The average molecular weight is 261 g/mol. The van der Waals surface area contributed by atoms with E-state index in [0.29, 0.717) is 17.7 Å². The van der Waals surface area contributed by atoms with Crippen LogP contribution in [-0.2, 0) is 6.42 Å². The lowest BCUT2D eigenvalue weighted by Gasteiger charge is -2.07. The number of rotatable bonds is 5. The maximum Gasteiger partial charge on any atom is 0.251 e. The second-order valence-corrected chi connectivity index (χ2v) is 4.35. The Balaban J connectivity index is 1.81. The van der Waals surface area contributed by atoms with E-state index in [1.165, 1.54) is 18.2 Å². The van der Waals surface area contributed by atoms with Gasteiger partial charge in [0.25, 0.3) is 5.91 Å². The van der Waals surface area contributed by atoms with Crippen LogP contribution in [0.15, 0.2) is 30.6 Å². The van der Waals surface area contributed by atoms with E-state index in [1.807, 2.05) is 0 Å². The number of nitrogens with one attached hydrogen (secondary N) is 2. The van der Waals surface area contributed by atoms with Crippen LogP contribution in [0.25, 0.3) is 0 Å². The van der Waals surface area contributed by atoms with Crippen LogP contribution < -0.4 is 5.32 Å². The Labute approximate surface area is 111 Å². The molecule has 0 saturated carbocycles. The average Bonchev–Trinajstić information content (AvgIpc) is 2.87. The SMILES string of the molecule is Cc1cc(F)ccc1C(=O)NCCCc1ncc[nH]1. The molecule has 0 aliphatic rings. The Kier molecular flexibility index (Phi) is 4.28. The smallest absolute Gasteiger partial charge is 0.251 e. The monoisotopic (exact) mass is 261 g/mol. The number of hydrogen-bond donors (Lipinski definition) is 2. The van der Waals surface area contributed by atoms with Gasteiger partial charge in [-0.25, -0.2) is 9.37 Å². The first-order valence-corrected chi connectivity index (χ1v) is 6.19. The molecule has 0 aliphatic heterocycles. The van der Waals surface area contributed by atoms with E-state index < -0.39 is 0 Å². The van der Waals surface area contributed by atoms with Gasteiger partial charge in [0.05, 0.1) is 0 Å². The van der Waals surface area contributed by atoms with E-state index >= 15 is 0 Å². The largest absolute Gasteiger partial charge is 0.352 e. The molecule has 0 atom stereocenters. The van der Waals surface area contributed by atoms with Gasteiger partial charge in [0.1, 0.15) is 11.6 Å². The number of benzene rings is 1. The number of halogens is 1. The van der Waals surface area contributed by atoms with Gasteiger partial charge in [-0.2, -0.15) is 0 Å². The Morgan fingerprint density at radius 1 is 1.47 bits per heavy atom. The third kappa shape index (κ3) is 3.64. The first-order chi connectivity index (χ1) is 9.16. The molecule has 1 heterocycles. The Morgan fingerprint density at radius 2 is 2.32 bits per heavy atom. The minimum absolute atomic E-state index is 0.169. The lowest BCUT2D eigenvalue weighted by molar-refractivity contribution is 0.0952. The molecule has 19 heavy (non-hydrogen) atoms. The van der Waals surface area contributed by atoms with E-state index in [-0.39, 0.29) is 11.7 Å². The standard InChI is InChI=1S/C14H16FN3O/c1-10-9-11(15)4-5-12(10)14(19)18-6-2-3-13-16-7-8-17-13/h4-5,7-9H,2-3,6H2,1H3,(H,16,17)(H,18,19). The van der Waals surface area contributed by atoms with E-state index in [4.69, 9.17) is 0 Å². The van der Waals surface area contributed by atoms with Crippen molar-refractivity contribution in [1.29, 1.82) is 0 Å². The third-order valence-electron chi connectivity index (χ3n) is 2.86. The predicted molar refractivity (Wildman–Crippen MR) is 70.4 cm³/mol. The summed E-state index contributed by atoms with van der Waals surface area (Å²) in [4.78, 5) is 19.0. The molecule has 0 spiro atoms. The van der Waals surface area contributed by atoms with Crippen LogP contribution >= 0.6 is 0 Å². The Morgan fingerprint density at radius 3 is 3.00 bits per heavy atom. The van der Waals surface area contributed by atoms with E-state index in [0.717, 1.165) is 18.7 Å². The second kappa shape index (κ2) is 6.13. The van der Waals surface area contributed by atoms with Gasteiger partial charge in [0, 0.05) is 30.9 Å². The van der Waals surface area contributed by atoms with Crippen LogP contribution in [0.2, 0.25) is 0 Å². The van der Waals surface area contributed by atoms with Crippen molar-refractivity contribution in [1.82, 2.24) is 15.3 Å². The summed E-state index contributed by atoms with van der Waals surface area (Å²) in [6, 6.07) is 4.16. The Hall–Kier alpha value is -2.17. The summed E-state index contributed by atoms with van der Waals surface area (Å²) in [5, 5.41) is 2.82. The first kappa shape index (κ1) is 13.3. The van der Waals surface area contributed by atoms with E-state index in [2.05, 4.69) is 15.3 Å². The molecular formula is C14H16FN3O. The molecule has 0 unspecified atom stereocenters. The maximum absolute atomic E-state index is 12.9. The number of aromatic amines is 1. The highest BCUT2D eigenvalue weighted by atomic mass is 19.1. The second-order valence-electron chi connectivity index (χ2n) is 4.35. The summed E-state index contributed by atoms with van der Waals surface area (Å²) < 4.78 is 12.9. The van der Waals surface area contributed by atoms with E-state index in [1.54, 1.807) is 19.3 Å².